The molecule has 0 aromatic heterocycles. The molecule has 0 spiro atoms. The lowest BCUT2D eigenvalue weighted by molar-refractivity contribution is -0.143. The van der Waals surface area contributed by atoms with Crippen molar-refractivity contribution in [3.05, 3.63) is 24.3 Å². The van der Waals surface area contributed by atoms with Gasteiger partial charge in [0.2, 0.25) is 5.91 Å². The van der Waals surface area contributed by atoms with Crippen molar-refractivity contribution < 1.29 is 24.5 Å². The van der Waals surface area contributed by atoms with Crippen molar-refractivity contribution in [1.29, 1.82) is 0 Å². The van der Waals surface area contributed by atoms with Gasteiger partial charge in [-0.1, -0.05) is 398 Å². The normalized spacial score (nSPS) is 12.6. The molecule has 0 aromatic rings. The quantitative estimate of drug-likeness (QED) is 0.0320. The maximum atomic E-state index is 12.5. The Kier molecular flexibility index (Phi) is 73.3. The van der Waals surface area contributed by atoms with Gasteiger partial charge in [-0.15, -0.1) is 0 Å². The Balaban J connectivity index is 3.29. The van der Waals surface area contributed by atoms with E-state index in [0.717, 1.165) is 38.5 Å². The molecule has 0 radical (unpaired) electrons. The molecule has 0 heterocycles. The number of unbranched alkanes of at least 4 members (excludes halogenated alkanes) is 61. The zero-order chi connectivity index (χ0) is 61.3. The van der Waals surface area contributed by atoms with Crippen LogP contribution < -0.4 is 5.32 Å². The molecular formula is C79H153NO5. The van der Waals surface area contributed by atoms with E-state index in [0.29, 0.717) is 19.4 Å². The molecule has 85 heavy (non-hydrogen) atoms. The number of aliphatic hydroxyl groups is 2. The van der Waals surface area contributed by atoms with E-state index in [9.17, 15) is 19.8 Å². The maximum Gasteiger partial charge on any atom is 0.305 e. The number of allylic oxidation sites excluding steroid dienone is 3. The third kappa shape index (κ3) is 71.3. The highest BCUT2D eigenvalue weighted by Gasteiger charge is 2.18. The average Bonchev–Trinajstić information content (AvgIpc) is 3.50. The Labute approximate surface area is 532 Å². The van der Waals surface area contributed by atoms with Crippen molar-refractivity contribution in [3.8, 4) is 0 Å². The SMILES string of the molecule is CCCCCCCCC/C=C\CCCCCCCCCC(=O)OCCCCCCCCCCCCCCCCCCCCCCCCCCCCCCCCCCCCCCCC(=O)NC(CO)C(O)/C=C/CCCCCCCCCCCCC. The monoisotopic (exact) mass is 1200 g/mol. The zero-order valence-corrected chi connectivity index (χ0v) is 57.9. The maximum absolute atomic E-state index is 12.5. The summed E-state index contributed by atoms with van der Waals surface area (Å²) in [4.78, 5) is 24.6. The summed E-state index contributed by atoms with van der Waals surface area (Å²) in [7, 11) is 0. The van der Waals surface area contributed by atoms with E-state index < -0.39 is 12.1 Å². The first-order valence-corrected chi connectivity index (χ1v) is 39.1. The van der Waals surface area contributed by atoms with E-state index in [1.165, 1.54) is 379 Å². The van der Waals surface area contributed by atoms with Crippen LogP contribution in [0.3, 0.4) is 0 Å². The summed E-state index contributed by atoms with van der Waals surface area (Å²) >= 11 is 0. The van der Waals surface area contributed by atoms with Gasteiger partial charge in [-0.3, -0.25) is 9.59 Å². The van der Waals surface area contributed by atoms with Gasteiger partial charge in [-0.05, 0) is 57.8 Å². The van der Waals surface area contributed by atoms with Crippen LogP contribution in [0.15, 0.2) is 24.3 Å². The summed E-state index contributed by atoms with van der Waals surface area (Å²) in [6.45, 7) is 4.94. The van der Waals surface area contributed by atoms with E-state index >= 15 is 0 Å². The molecule has 0 rings (SSSR count). The lowest BCUT2D eigenvalue weighted by Gasteiger charge is -2.20. The van der Waals surface area contributed by atoms with Gasteiger partial charge >= 0.3 is 5.97 Å². The van der Waals surface area contributed by atoms with E-state index in [4.69, 9.17) is 4.74 Å². The van der Waals surface area contributed by atoms with Crippen LogP contribution in [0.5, 0.6) is 0 Å². The topological polar surface area (TPSA) is 95.9 Å². The summed E-state index contributed by atoms with van der Waals surface area (Å²) in [5.41, 5.74) is 0. The number of ether oxygens (including phenoxy) is 1. The number of nitrogens with one attached hydrogen (secondary N) is 1. The predicted molar refractivity (Wildman–Crippen MR) is 375 cm³/mol. The molecule has 0 saturated carbocycles. The molecule has 0 aliphatic rings. The summed E-state index contributed by atoms with van der Waals surface area (Å²) in [6.07, 6.45) is 96.0. The lowest BCUT2D eigenvalue weighted by atomic mass is 10.0. The Bertz CT molecular complexity index is 1330. The minimum absolute atomic E-state index is 0.0211. The molecule has 504 valence electrons. The molecule has 0 aliphatic heterocycles. The standard InChI is InChI=1S/C79H153NO5/c1-3-5-7-9-11-13-15-17-18-19-42-45-49-53-57-61-65-69-73-79(84)85-74-70-66-62-58-54-50-46-43-40-38-36-34-32-30-28-26-24-22-20-21-23-25-27-29-31-33-35-37-39-41-44-48-52-56-60-64-68-72-78(83)80-76(75-81)77(82)71-67-63-59-55-51-47-16-14-12-10-8-6-4-2/h18-19,67,71,76-77,81-82H,3-17,20-66,68-70,72-75H2,1-2H3,(H,80,83)/b19-18-,71-67+. The Morgan fingerprint density at radius 1 is 0.318 bits per heavy atom. The van der Waals surface area contributed by atoms with Crippen LogP contribution in [-0.4, -0.2) is 47.4 Å². The molecule has 0 bridgehead atoms. The minimum Gasteiger partial charge on any atom is -0.466 e. The molecule has 6 heteroatoms. The van der Waals surface area contributed by atoms with Gasteiger partial charge in [-0.2, -0.15) is 0 Å². The number of hydrogen-bond acceptors (Lipinski definition) is 5. The summed E-state index contributed by atoms with van der Waals surface area (Å²) < 4.78 is 5.51. The third-order valence-corrected chi connectivity index (χ3v) is 18.5. The fraction of sp³-hybridized carbons (Fsp3) is 0.924. The fourth-order valence-corrected chi connectivity index (χ4v) is 12.5. The molecule has 0 aromatic carbocycles. The predicted octanol–water partition coefficient (Wildman–Crippen LogP) is 25.7. The van der Waals surface area contributed by atoms with Gasteiger partial charge in [-0.25, -0.2) is 0 Å². The number of esters is 1. The molecule has 6 nitrogen and oxygen atoms in total. The number of carbonyl (C=O) groups excluding carboxylic acids is 2. The second-order valence-electron chi connectivity index (χ2n) is 27.0. The zero-order valence-electron chi connectivity index (χ0n) is 57.9. The first kappa shape index (κ1) is 83.3. The fourth-order valence-electron chi connectivity index (χ4n) is 12.5. The van der Waals surface area contributed by atoms with Gasteiger partial charge in [0.1, 0.15) is 0 Å². The molecule has 0 fully saturated rings. The molecule has 0 saturated heterocycles. The Morgan fingerprint density at radius 2 is 0.553 bits per heavy atom. The van der Waals surface area contributed by atoms with E-state index in [-0.39, 0.29) is 18.5 Å². The highest BCUT2D eigenvalue weighted by atomic mass is 16.5. The van der Waals surface area contributed by atoms with Gasteiger partial charge in [0, 0.05) is 12.8 Å². The number of hydrogen-bond donors (Lipinski definition) is 3. The third-order valence-electron chi connectivity index (χ3n) is 18.5. The summed E-state index contributed by atoms with van der Waals surface area (Å²) in [5, 5.41) is 23.1. The Hall–Kier alpha value is -1.66. The van der Waals surface area contributed by atoms with Crippen molar-refractivity contribution in [1.82, 2.24) is 5.32 Å². The van der Waals surface area contributed by atoms with Crippen LogP contribution >= 0.6 is 0 Å². The van der Waals surface area contributed by atoms with Crippen molar-refractivity contribution >= 4 is 11.9 Å². The summed E-state index contributed by atoms with van der Waals surface area (Å²) in [5.74, 6) is -0.0390. The van der Waals surface area contributed by atoms with Gasteiger partial charge in [0.05, 0.1) is 25.4 Å². The van der Waals surface area contributed by atoms with E-state index in [1.807, 2.05) is 6.08 Å². The van der Waals surface area contributed by atoms with Crippen molar-refractivity contribution in [2.45, 2.75) is 456 Å². The largest absolute Gasteiger partial charge is 0.466 e. The Morgan fingerprint density at radius 3 is 0.835 bits per heavy atom. The number of aliphatic hydroxyl groups excluding tert-OH is 2. The molecule has 0 aliphatic carbocycles. The van der Waals surface area contributed by atoms with Gasteiger partial charge < -0.3 is 20.3 Å². The molecule has 3 N–H and O–H groups in total. The molecule has 1 amide bonds. The van der Waals surface area contributed by atoms with E-state index in [1.54, 1.807) is 6.08 Å². The van der Waals surface area contributed by atoms with Crippen LogP contribution in [0.2, 0.25) is 0 Å². The van der Waals surface area contributed by atoms with E-state index in [2.05, 4.69) is 31.3 Å². The second kappa shape index (κ2) is 74.8. The highest BCUT2D eigenvalue weighted by Crippen LogP contribution is 2.20. The smallest absolute Gasteiger partial charge is 0.305 e. The van der Waals surface area contributed by atoms with Crippen LogP contribution in [0, 0.1) is 0 Å². The van der Waals surface area contributed by atoms with Crippen LogP contribution in [0.25, 0.3) is 0 Å². The van der Waals surface area contributed by atoms with Crippen molar-refractivity contribution in [3.63, 3.8) is 0 Å². The second-order valence-corrected chi connectivity index (χ2v) is 27.0. The number of amides is 1. The van der Waals surface area contributed by atoms with Crippen LogP contribution in [0.4, 0.5) is 0 Å². The highest BCUT2D eigenvalue weighted by molar-refractivity contribution is 5.76. The molecule has 2 unspecified atom stereocenters. The van der Waals surface area contributed by atoms with Crippen LogP contribution in [-0.2, 0) is 14.3 Å². The first-order chi connectivity index (χ1) is 42.0. The van der Waals surface area contributed by atoms with Gasteiger partial charge in [0.15, 0.2) is 0 Å². The van der Waals surface area contributed by atoms with Crippen molar-refractivity contribution in [2.75, 3.05) is 13.2 Å². The number of carbonyl (C=O) groups is 2. The van der Waals surface area contributed by atoms with Crippen molar-refractivity contribution in [2.24, 2.45) is 0 Å². The summed E-state index contributed by atoms with van der Waals surface area (Å²) in [6, 6.07) is -0.622. The van der Waals surface area contributed by atoms with Gasteiger partial charge in [0.25, 0.3) is 0 Å². The van der Waals surface area contributed by atoms with Crippen LogP contribution in [0.1, 0.15) is 444 Å². The first-order valence-electron chi connectivity index (χ1n) is 39.1. The molecule has 2 atom stereocenters. The molecular weight excluding hydrogens is 1040 g/mol. The number of rotatable bonds is 74. The minimum atomic E-state index is -0.839. The lowest BCUT2D eigenvalue weighted by Crippen LogP contribution is -2.45. The average molecular weight is 1200 g/mol.